The Morgan fingerprint density at radius 3 is 1.23 bits per heavy atom. The maximum atomic E-state index is 10.1. The number of rotatable bonds is 9. The van der Waals surface area contributed by atoms with Crippen molar-refractivity contribution in [1.29, 1.82) is 0 Å². The molecule has 22 heavy (non-hydrogen) atoms. The fraction of sp³-hybridized carbons (Fsp3) is 0.933. The van der Waals surface area contributed by atoms with Crippen molar-refractivity contribution in [2.45, 2.75) is 78.6 Å². The van der Waals surface area contributed by atoms with Crippen molar-refractivity contribution in [3.63, 3.8) is 0 Å². The van der Waals surface area contributed by atoms with E-state index in [0.29, 0.717) is 0 Å². The van der Waals surface area contributed by atoms with E-state index in [-0.39, 0.29) is 38.1 Å². The first-order chi connectivity index (χ1) is 9.10. The van der Waals surface area contributed by atoms with Crippen LogP contribution in [0, 0.1) is 0 Å². The Hall–Kier alpha value is -0.730. The molecule has 0 aromatic carbocycles. The third kappa shape index (κ3) is 74.9. The molecule has 142 valence electrons. The maximum absolute atomic E-state index is 10.1. The predicted molar refractivity (Wildman–Crippen MR) is 91.3 cm³/mol. The van der Waals surface area contributed by atoms with Gasteiger partial charge < -0.3 is 38.6 Å². The van der Waals surface area contributed by atoms with Crippen LogP contribution in [-0.4, -0.2) is 19.2 Å². The minimum absolute atomic E-state index is 0. The van der Waals surface area contributed by atoms with E-state index < -0.39 is 5.97 Å². The highest BCUT2D eigenvalue weighted by Gasteiger charge is 1.91. The molecule has 0 amide bonds. The molecular weight excluding hydrogens is 286 g/mol. The number of unbranched alkanes of at least 4 members (excludes halogenated alkanes) is 7. The minimum Gasteiger partial charge on any atom is -0.855 e. The molecule has 12 N–H and O–H groups in total. The Labute approximate surface area is 137 Å². The van der Waals surface area contributed by atoms with Gasteiger partial charge in [-0.2, -0.15) is 0 Å². The van der Waals surface area contributed by atoms with Gasteiger partial charge in [-0.05, 0) is 12.8 Å². The molecule has 7 nitrogen and oxygen atoms in total. The molecule has 0 aromatic rings. The third-order valence-electron chi connectivity index (χ3n) is 2.23. The van der Waals surface area contributed by atoms with Crippen LogP contribution in [0.1, 0.15) is 78.6 Å². The first kappa shape index (κ1) is 37.5. The Morgan fingerprint density at radius 1 is 0.682 bits per heavy atom. The summed E-state index contributed by atoms with van der Waals surface area (Å²) < 4.78 is 0. The van der Waals surface area contributed by atoms with Crippen LogP contribution in [0.4, 0.5) is 0 Å². The van der Waals surface area contributed by atoms with Crippen molar-refractivity contribution in [3.05, 3.63) is 0 Å². The molecule has 0 bridgehead atoms. The van der Waals surface area contributed by atoms with Gasteiger partial charge in [0.2, 0.25) is 0 Å². The van der Waals surface area contributed by atoms with Gasteiger partial charge in [0.05, 0.1) is 0 Å². The molecule has 7 heteroatoms. The Bertz CT molecular complexity index is 160. The lowest BCUT2D eigenvalue weighted by Gasteiger charge is -2.02. The number of carbonyl (C=O) groups is 1. The summed E-state index contributed by atoms with van der Waals surface area (Å²) in [5.74, 6) is -0.911. The fourth-order valence-electron chi connectivity index (χ4n) is 1.40. The molecule has 0 saturated carbocycles. The van der Waals surface area contributed by atoms with Gasteiger partial charge in [-0.15, -0.1) is 13.2 Å². The van der Waals surface area contributed by atoms with Crippen LogP contribution in [0.3, 0.4) is 0 Å². The largest absolute Gasteiger partial charge is 0.855 e. The summed E-state index contributed by atoms with van der Waals surface area (Å²) in [5.41, 5.74) is 0. The maximum Gasteiger partial charge on any atom is 0.0414 e. The Balaban J connectivity index is -0.0000000618. The second-order valence-electron chi connectivity index (χ2n) is 4.17. The Morgan fingerprint density at radius 2 is 0.955 bits per heavy atom. The molecule has 0 heterocycles. The number of hydrogen-bond donors (Lipinski definition) is 3. The molecule has 0 radical (unpaired) electrons. The van der Waals surface area contributed by atoms with E-state index in [1.54, 1.807) is 13.8 Å². The van der Waals surface area contributed by atoms with E-state index >= 15 is 0 Å². The van der Waals surface area contributed by atoms with Gasteiger partial charge in [-0.3, -0.25) is 0 Å². The third-order valence-corrected chi connectivity index (χ3v) is 2.23. The lowest BCUT2D eigenvalue weighted by Crippen LogP contribution is -2.21. The molecule has 0 saturated heterocycles. The minimum atomic E-state index is -0.911. The molecule has 0 unspecified atom stereocenters. The average Bonchev–Trinajstić information content (AvgIpc) is 2.34. The summed E-state index contributed by atoms with van der Waals surface area (Å²) >= 11 is 0. The highest BCUT2D eigenvalue weighted by Crippen LogP contribution is 2.08. The predicted octanol–water partition coefficient (Wildman–Crippen LogP) is 2.13. The zero-order chi connectivity index (χ0) is 15.4. The topological polar surface area (TPSA) is 196 Å². The summed E-state index contributed by atoms with van der Waals surface area (Å²) in [6.45, 7) is 5.35. The molecule has 0 spiro atoms. The second kappa shape index (κ2) is 42.7. The zero-order valence-electron chi connectivity index (χ0n) is 15.9. The number of carbonyl (C=O) groups excluding carboxylic acids is 1. The van der Waals surface area contributed by atoms with E-state index in [1.807, 2.05) is 0 Å². The number of quaternary nitrogens is 3. The van der Waals surface area contributed by atoms with Crippen molar-refractivity contribution in [1.82, 2.24) is 18.5 Å². The van der Waals surface area contributed by atoms with Gasteiger partial charge in [0.25, 0.3) is 0 Å². The molecular formula is C15H43N3O4. The van der Waals surface area contributed by atoms with Crippen molar-refractivity contribution in [3.8, 4) is 0 Å². The summed E-state index contributed by atoms with van der Waals surface area (Å²) in [6, 6.07) is 0. The highest BCUT2D eigenvalue weighted by atomic mass is 16.4. The summed E-state index contributed by atoms with van der Waals surface area (Å²) in [4.78, 5) is 10.1. The molecule has 0 aliphatic heterocycles. The second-order valence-corrected chi connectivity index (χ2v) is 4.17. The summed E-state index contributed by atoms with van der Waals surface area (Å²) in [6.07, 6.45) is 9.75. The van der Waals surface area contributed by atoms with Crippen LogP contribution < -0.4 is 33.8 Å². The van der Waals surface area contributed by atoms with E-state index in [0.717, 1.165) is 12.8 Å². The van der Waals surface area contributed by atoms with E-state index in [4.69, 9.17) is 10.2 Å². The van der Waals surface area contributed by atoms with Gasteiger partial charge in [0, 0.05) is 5.97 Å². The van der Waals surface area contributed by atoms with Gasteiger partial charge in [0.1, 0.15) is 0 Å². The van der Waals surface area contributed by atoms with Crippen LogP contribution in [0.15, 0.2) is 0 Å². The monoisotopic (exact) mass is 329 g/mol. The average molecular weight is 330 g/mol. The normalized spacial score (nSPS) is 7.68. The molecule has 0 fully saturated rings. The molecule has 0 aliphatic rings. The lowest BCUT2D eigenvalue weighted by molar-refractivity contribution is -0.362. The summed E-state index contributed by atoms with van der Waals surface area (Å²) in [5, 5.41) is 27.9. The van der Waals surface area contributed by atoms with Crippen LogP contribution in [0.25, 0.3) is 0 Å². The number of aliphatic carboxylic acids is 1. The van der Waals surface area contributed by atoms with Crippen molar-refractivity contribution in [2.24, 2.45) is 0 Å². The smallest absolute Gasteiger partial charge is 0.0414 e. The molecule has 0 aromatic heterocycles. The molecule has 0 rings (SSSR count). The van der Waals surface area contributed by atoms with Crippen LogP contribution in [0.2, 0.25) is 0 Å². The van der Waals surface area contributed by atoms with E-state index in [2.05, 4.69) is 6.92 Å². The van der Waals surface area contributed by atoms with Crippen LogP contribution in [0.5, 0.6) is 0 Å². The molecule has 0 aliphatic carbocycles. The van der Waals surface area contributed by atoms with Gasteiger partial charge in [-0.1, -0.05) is 65.7 Å². The first-order valence-corrected chi connectivity index (χ1v) is 7.46. The quantitative estimate of drug-likeness (QED) is 0.545. The van der Waals surface area contributed by atoms with E-state index in [1.165, 1.54) is 38.5 Å². The van der Waals surface area contributed by atoms with Gasteiger partial charge in [-0.25, -0.2) is 0 Å². The highest BCUT2D eigenvalue weighted by molar-refractivity contribution is 5.63. The molecule has 0 atom stereocenters. The van der Waals surface area contributed by atoms with E-state index in [9.17, 15) is 9.90 Å². The van der Waals surface area contributed by atoms with Crippen LogP contribution in [-0.2, 0) is 4.79 Å². The SMILES string of the molecule is CCCCCCCCCCC(=O)[O-].CC[O-].CC[O-].[NH4+].[NH4+].[NH4+]. The van der Waals surface area contributed by atoms with Gasteiger partial charge >= 0.3 is 0 Å². The zero-order valence-corrected chi connectivity index (χ0v) is 15.9. The van der Waals surface area contributed by atoms with Crippen LogP contribution >= 0.6 is 0 Å². The van der Waals surface area contributed by atoms with Crippen molar-refractivity contribution in [2.75, 3.05) is 13.2 Å². The number of carboxylic acids is 1. The van der Waals surface area contributed by atoms with Crippen molar-refractivity contribution < 1.29 is 20.1 Å². The first-order valence-electron chi connectivity index (χ1n) is 7.46. The fourth-order valence-corrected chi connectivity index (χ4v) is 1.40. The van der Waals surface area contributed by atoms with Gasteiger partial charge in [0.15, 0.2) is 0 Å². The number of hydrogen-bond acceptors (Lipinski definition) is 4. The number of carboxylic acid groups (broad SMARTS) is 1. The summed E-state index contributed by atoms with van der Waals surface area (Å²) in [7, 11) is 0. The Kier molecular flexibility index (Phi) is 72.8. The standard InChI is InChI=1S/C11H22O2.2C2H5O.3H3N/c1-2-3-4-5-6-7-8-9-10-11(12)13;2*1-2-3;;;/h2-10H2,1H3,(H,12,13);2*2H2,1H3;3*1H3/q;2*-1;;;/p+2. The lowest BCUT2D eigenvalue weighted by atomic mass is 10.1. The van der Waals surface area contributed by atoms with Crippen molar-refractivity contribution >= 4 is 5.97 Å².